The largest absolute Gasteiger partial charge is 0.310 e. The van der Waals surface area contributed by atoms with Crippen molar-refractivity contribution in [1.82, 2.24) is 0 Å². The lowest BCUT2D eigenvalue weighted by Crippen LogP contribution is -2.15. The van der Waals surface area contributed by atoms with Crippen molar-refractivity contribution in [1.29, 1.82) is 0 Å². The first-order valence-electron chi connectivity index (χ1n) is 17.0. The molecule has 1 heterocycles. The van der Waals surface area contributed by atoms with Gasteiger partial charge in [-0.25, -0.2) is 0 Å². The Morgan fingerprint density at radius 2 is 1.08 bits per heavy atom. The third kappa shape index (κ3) is 4.24. The normalized spacial score (nSPS) is 13.3. The average molecular weight is 644 g/mol. The minimum Gasteiger partial charge on any atom is -0.310 e. The van der Waals surface area contributed by atoms with E-state index in [4.69, 9.17) is 0 Å². The molecule has 0 fully saturated rings. The van der Waals surface area contributed by atoms with E-state index in [0.717, 1.165) is 17.1 Å². The highest BCUT2D eigenvalue weighted by Crippen LogP contribution is 2.51. The Morgan fingerprint density at radius 1 is 0.429 bits per heavy atom. The predicted octanol–water partition coefficient (Wildman–Crippen LogP) is 13.8. The molecule has 0 N–H and O–H groups in total. The summed E-state index contributed by atoms with van der Waals surface area (Å²) in [6.07, 6.45) is 0. The van der Waals surface area contributed by atoms with Crippen molar-refractivity contribution in [3.05, 3.63) is 175 Å². The number of rotatable bonds is 4. The van der Waals surface area contributed by atoms with Gasteiger partial charge in [-0.3, -0.25) is 0 Å². The molecule has 1 nitrogen and oxygen atoms in total. The van der Waals surface area contributed by atoms with Gasteiger partial charge in [-0.1, -0.05) is 141 Å². The van der Waals surface area contributed by atoms with Crippen molar-refractivity contribution in [3.63, 3.8) is 0 Å². The zero-order valence-corrected chi connectivity index (χ0v) is 28.3. The molecule has 0 spiro atoms. The second-order valence-corrected chi connectivity index (χ2v) is 14.8. The van der Waals surface area contributed by atoms with E-state index in [1.807, 2.05) is 11.3 Å². The summed E-state index contributed by atoms with van der Waals surface area (Å²) in [6.45, 7) is 4.70. The minimum atomic E-state index is -0.0469. The molecule has 9 aromatic rings. The summed E-state index contributed by atoms with van der Waals surface area (Å²) in [5.74, 6) is 0. The van der Waals surface area contributed by atoms with Gasteiger partial charge in [0.1, 0.15) is 0 Å². The van der Waals surface area contributed by atoms with Crippen LogP contribution in [0.1, 0.15) is 25.0 Å². The van der Waals surface area contributed by atoms with Crippen LogP contribution in [-0.4, -0.2) is 0 Å². The smallest absolute Gasteiger partial charge is 0.0540 e. The van der Waals surface area contributed by atoms with Crippen LogP contribution >= 0.6 is 11.3 Å². The predicted molar refractivity (Wildman–Crippen MR) is 212 cm³/mol. The SMILES string of the molecule is CC1(C)c2ccccc2-c2cc(N(c3ccc4c(ccc5c6ccccc6sc45)c3)c3ccccc3-c3cccc4ccccc34)ccc21. The van der Waals surface area contributed by atoms with Gasteiger partial charge in [-0.2, -0.15) is 0 Å². The van der Waals surface area contributed by atoms with Crippen LogP contribution in [0.5, 0.6) is 0 Å². The fraction of sp³-hybridized carbons (Fsp3) is 0.0638. The topological polar surface area (TPSA) is 3.24 Å². The molecule has 8 aromatic carbocycles. The van der Waals surface area contributed by atoms with Crippen LogP contribution < -0.4 is 4.90 Å². The first kappa shape index (κ1) is 28.3. The summed E-state index contributed by atoms with van der Waals surface area (Å²) in [6, 6.07) is 60.7. The van der Waals surface area contributed by atoms with E-state index in [-0.39, 0.29) is 5.41 Å². The Bertz CT molecular complexity index is 2760. The molecule has 0 unspecified atom stereocenters. The van der Waals surface area contributed by atoms with Crippen LogP contribution in [0.4, 0.5) is 17.1 Å². The van der Waals surface area contributed by atoms with Gasteiger partial charge in [0.25, 0.3) is 0 Å². The van der Waals surface area contributed by atoms with Crippen molar-refractivity contribution in [3.8, 4) is 22.3 Å². The number of anilines is 3. The Balaban J connectivity index is 1.23. The van der Waals surface area contributed by atoms with Gasteiger partial charge < -0.3 is 4.90 Å². The third-order valence-electron chi connectivity index (χ3n) is 10.7. The Hall–Kier alpha value is -5.70. The summed E-state index contributed by atoms with van der Waals surface area (Å²) in [5.41, 5.74) is 11.3. The molecule has 1 aliphatic carbocycles. The van der Waals surface area contributed by atoms with Crippen molar-refractivity contribution >= 4 is 70.1 Å². The van der Waals surface area contributed by atoms with E-state index in [1.54, 1.807) is 0 Å². The van der Waals surface area contributed by atoms with Crippen LogP contribution in [0.2, 0.25) is 0 Å². The van der Waals surface area contributed by atoms with Gasteiger partial charge in [0.05, 0.1) is 5.69 Å². The third-order valence-corrected chi connectivity index (χ3v) is 11.9. The molecule has 0 bridgehead atoms. The van der Waals surface area contributed by atoms with Crippen LogP contribution in [0.3, 0.4) is 0 Å². The first-order chi connectivity index (χ1) is 24.1. The fourth-order valence-electron chi connectivity index (χ4n) is 8.27. The van der Waals surface area contributed by atoms with Crippen molar-refractivity contribution in [2.75, 3.05) is 4.90 Å². The van der Waals surface area contributed by atoms with Crippen molar-refractivity contribution in [2.24, 2.45) is 0 Å². The number of benzene rings is 8. The molecule has 0 aliphatic heterocycles. The minimum absolute atomic E-state index is 0.0469. The maximum absolute atomic E-state index is 2.47. The van der Waals surface area contributed by atoms with Gasteiger partial charge in [-0.05, 0) is 85.8 Å². The van der Waals surface area contributed by atoms with Crippen LogP contribution in [0.25, 0.3) is 64.0 Å². The second kappa shape index (κ2) is 10.7. The van der Waals surface area contributed by atoms with E-state index >= 15 is 0 Å². The number of thiophene rings is 1. The van der Waals surface area contributed by atoms with E-state index in [2.05, 4.69) is 183 Å². The molecule has 1 aliphatic rings. The standard InChI is InChI=1S/C47H33NS/c1-47(2)42-19-8-5-15-37(42)41-29-33(24-27-43(41)47)48(44-20-9-6-16-38(44)36-18-11-13-30-12-3-4-14-34(30)36)32-23-26-35-31(28-32)22-25-40-39-17-7-10-21-45(39)49-46(35)40/h3-29H,1-2H3. The van der Waals surface area contributed by atoms with Crippen LogP contribution in [-0.2, 0) is 5.41 Å². The molecule has 232 valence electrons. The summed E-state index contributed by atoms with van der Waals surface area (Å²) >= 11 is 1.89. The lowest BCUT2D eigenvalue weighted by Gasteiger charge is -2.29. The lowest BCUT2D eigenvalue weighted by molar-refractivity contribution is 0.660. The Morgan fingerprint density at radius 3 is 2.00 bits per heavy atom. The molecule has 0 saturated heterocycles. The van der Waals surface area contributed by atoms with Crippen LogP contribution in [0, 0.1) is 0 Å². The molecule has 0 atom stereocenters. The number of nitrogens with zero attached hydrogens (tertiary/aromatic N) is 1. The monoisotopic (exact) mass is 643 g/mol. The zero-order valence-electron chi connectivity index (χ0n) is 27.4. The van der Waals surface area contributed by atoms with Crippen molar-refractivity contribution < 1.29 is 0 Å². The van der Waals surface area contributed by atoms with Crippen molar-refractivity contribution in [2.45, 2.75) is 19.3 Å². The Kier molecular flexibility index (Phi) is 6.16. The van der Waals surface area contributed by atoms with Gasteiger partial charge in [0, 0.05) is 42.5 Å². The molecule has 0 saturated carbocycles. The van der Waals surface area contributed by atoms with Crippen LogP contribution in [0.15, 0.2) is 164 Å². The molecular weight excluding hydrogens is 611 g/mol. The highest BCUT2D eigenvalue weighted by atomic mass is 32.1. The van der Waals surface area contributed by atoms with Gasteiger partial charge in [-0.15, -0.1) is 11.3 Å². The molecule has 49 heavy (non-hydrogen) atoms. The maximum atomic E-state index is 2.47. The van der Waals surface area contributed by atoms with E-state index in [0.29, 0.717) is 0 Å². The first-order valence-corrected chi connectivity index (χ1v) is 17.8. The average Bonchev–Trinajstić information content (AvgIpc) is 3.64. The Labute approximate surface area is 290 Å². The van der Waals surface area contributed by atoms with Gasteiger partial charge in [0.15, 0.2) is 0 Å². The molecule has 2 heteroatoms. The van der Waals surface area contributed by atoms with E-state index in [9.17, 15) is 0 Å². The quantitative estimate of drug-likeness (QED) is 0.184. The number of fused-ring (bicyclic) bond motifs is 9. The molecule has 0 radical (unpaired) electrons. The molecular formula is C47H33NS. The molecule has 10 rings (SSSR count). The molecule has 0 amide bonds. The highest BCUT2D eigenvalue weighted by Gasteiger charge is 2.35. The summed E-state index contributed by atoms with van der Waals surface area (Å²) in [7, 11) is 0. The highest BCUT2D eigenvalue weighted by molar-refractivity contribution is 7.26. The van der Waals surface area contributed by atoms with Gasteiger partial charge in [0.2, 0.25) is 0 Å². The lowest BCUT2D eigenvalue weighted by atomic mass is 9.82. The maximum Gasteiger partial charge on any atom is 0.0540 e. The summed E-state index contributed by atoms with van der Waals surface area (Å²) in [5, 5.41) is 7.72. The van der Waals surface area contributed by atoms with E-state index < -0.39 is 0 Å². The van der Waals surface area contributed by atoms with Gasteiger partial charge >= 0.3 is 0 Å². The fourth-order valence-corrected chi connectivity index (χ4v) is 9.51. The summed E-state index contributed by atoms with van der Waals surface area (Å²) in [4.78, 5) is 2.47. The number of hydrogen-bond donors (Lipinski definition) is 0. The zero-order chi connectivity index (χ0) is 32.7. The summed E-state index contributed by atoms with van der Waals surface area (Å²) < 4.78 is 2.69. The number of hydrogen-bond acceptors (Lipinski definition) is 2. The second-order valence-electron chi connectivity index (χ2n) is 13.7. The van der Waals surface area contributed by atoms with E-state index in [1.165, 1.54) is 75.1 Å². The molecule has 1 aromatic heterocycles. The number of para-hydroxylation sites is 1.